The molecule has 138 valence electrons. The van der Waals surface area contributed by atoms with Crippen molar-refractivity contribution in [3.05, 3.63) is 32.6 Å². The van der Waals surface area contributed by atoms with Crippen LogP contribution in [0.4, 0.5) is 0 Å². The van der Waals surface area contributed by atoms with Crippen molar-refractivity contribution in [1.82, 2.24) is 9.55 Å². The highest BCUT2D eigenvalue weighted by Crippen LogP contribution is 2.54. The van der Waals surface area contributed by atoms with Crippen molar-refractivity contribution < 1.29 is 19.1 Å². The zero-order valence-corrected chi connectivity index (χ0v) is 14.9. The van der Waals surface area contributed by atoms with Crippen LogP contribution >= 0.6 is 11.6 Å². The van der Waals surface area contributed by atoms with Gasteiger partial charge in [0.1, 0.15) is 0 Å². The molecule has 0 saturated heterocycles. The number of esters is 2. The van der Waals surface area contributed by atoms with Gasteiger partial charge in [0.25, 0.3) is 5.56 Å². The van der Waals surface area contributed by atoms with E-state index in [1.54, 1.807) is 0 Å². The number of carbonyl (C=O) groups is 2. The van der Waals surface area contributed by atoms with Gasteiger partial charge in [-0.15, -0.1) is 11.6 Å². The van der Waals surface area contributed by atoms with Gasteiger partial charge in [0.15, 0.2) is 0 Å². The van der Waals surface area contributed by atoms with E-state index in [9.17, 15) is 19.2 Å². The topological polar surface area (TPSA) is 107 Å². The summed E-state index contributed by atoms with van der Waals surface area (Å²) >= 11 is 5.68. The maximum Gasteiger partial charge on any atom is 0.328 e. The molecule has 1 fully saturated rings. The van der Waals surface area contributed by atoms with E-state index in [2.05, 4.69) is 4.98 Å². The van der Waals surface area contributed by atoms with Crippen LogP contribution in [0.25, 0.3) is 0 Å². The number of carbonyl (C=O) groups excluding carboxylic acids is 2. The fourth-order valence-electron chi connectivity index (χ4n) is 2.84. The van der Waals surface area contributed by atoms with Crippen molar-refractivity contribution in [1.29, 1.82) is 0 Å². The molecular formula is C16H21ClN2O6. The van der Waals surface area contributed by atoms with Crippen LogP contribution in [-0.4, -0.2) is 40.6 Å². The van der Waals surface area contributed by atoms with Crippen LogP contribution in [-0.2, 0) is 32.0 Å². The molecule has 1 saturated carbocycles. The van der Waals surface area contributed by atoms with Crippen LogP contribution < -0.4 is 11.2 Å². The zero-order chi connectivity index (χ0) is 18.6. The first-order chi connectivity index (χ1) is 11.8. The molecule has 1 aromatic rings. The fourth-order valence-corrected chi connectivity index (χ4v) is 3.04. The number of alkyl halides is 1. The number of aromatic nitrogens is 2. The molecule has 0 amide bonds. The van der Waals surface area contributed by atoms with E-state index >= 15 is 0 Å². The van der Waals surface area contributed by atoms with Crippen LogP contribution in [0.3, 0.4) is 0 Å². The maximum atomic E-state index is 12.1. The van der Waals surface area contributed by atoms with Crippen LogP contribution in [0, 0.1) is 11.3 Å². The van der Waals surface area contributed by atoms with Gasteiger partial charge in [0.05, 0.1) is 13.2 Å². The summed E-state index contributed by atoms with van der Waals surface area (Å²) in [7, 11) is 0. The second-order valence-corrected chi connectivity index (χ2v) is 6.70. The van der Waals surface area contributed by atoms with Crippen LogP contribution in [0.2, 0.25) is 0 Å². The van der Waals surface area contributed by atoms with Gasteiger partial charge in [-0.05, 0) is 12.8 Å². The average Bonchev–Trinajstić information content (AvgIpc) is 3.21. The average molecular weight is 373 g/mol. The van der Waals surface area contributed by atoms with E-state index in [4.69, 9.17) is 21.1 Å². The quantitative estimate of drug-likeness (QED) is 0.524. The molecule has 0 aromatic carbocycles. The summed E-state index contributed by atoms with van der Waals surface area (Å²) in [6.45, 7) is 3.19. The largest absolute Gasteiger partial charge is 0.466 e. The van der Waals surface area contributed by atoms with Crippen molar-refractivity contribution in [3.63, 3.8) is 0 Å². The molecule has 25 heavy (non-hydrogen) atoms. The molecule has 1 N–H and O–H groups in total. The lowest BCUT2D eigenvalue weighted by atomic mass is 10.1. The Balaban J connectivity index is 2.21. The smallest absolute Gasteiger partial charge is 0.328 e. The standard InChI is InChI=1S/C16H21ClN2O6/c1-10(20)24-7-13-5-16(13,9-25-11(2)21)8-19-6-12(3-4-17)14(22)18-15(19)23/h6,13H,3-5,7-9H2,1-2H3,(H,18,22,23). The SMILES string of the molecule is CC(=O)OCC1CC1(COC(C)=O)Cn1cc(CCCl)c(=O)[nH]c1=O. The predicted molar refractivity (Wildman–Crippen MR) is 89.6 cm³/mol. The minimum absolute atomic E-state index is 0.0222. The van der Waals surface area contributed by atoms with Gasteiger partial charge < -0.3 is 9.47 Å². The third-order valence-corrected chi connectivity index (χ3v) is 4.53. The van der Waals surface area contributed by atoms with Gasteiger partial charge in [-0.25, -0.2) is 4.79 Å². The van der Waals surface area contributed by atoms with Crippen molar-refractivity contribution in [3.8, 4) is 0 Å². The van der Waals surface area contributed by atoms with Gasteiger partial charge in [-0.3, -0.25) is 23.9 Å². The molecule has 2 rings (SSSR count). The number of ether oxygens (including phenoxy) is 2. The van der Waals surface area contributed by atoms with Crippen molar-refractivity contribution in [2.24, 2.45) is 11.3 Å². The molecule has 2 unspecified atom stereocenters. The molecule has 1 aliphatic rings. The Hall–Kier alpha value is -2.09. The van der Waals surface area contributed by atoms with Crippen molar-refractivity contribution in [2.75, 3.05) is 19.1 Å². The maximum absolute atomic E-state index is 12.1. The number of nitrogens with zero attached hydrogens (tertiary/aromatic N) is 1. The molecule has 0 aliphatic heterocycles. The van der Waals surface area contributed by atoms with E-state index < -0.39 is 22.6 Å². The van der Waals surface area contributed by atoms with Crippen LogP contribution in [0.15, 0.2) is 15.8 Å². The van der Waals surface area contributed by atoms with Gasteiger partial charge >= 0.3 is 17.6 Å². The van der Waals surface area contributed by atoms with E-state index in [1.807, 2.05) is 0 Å². The van der Waals surface area contributed by atoms with Gasteiger partial charge in [-0.1, -0.05) is 0 Å². The number of nitrogens with one attached hydrogen (secondary N) is 1. The van der Waals surface area contributed by atoms with Crippen LogP contribution in [0.5, 0.6) is 0 Å². The van der Waals surface area contributed by atoms with E-state index in [1.165, 1.54) is 24.6 Å². The second-order valence-electron chi connectivity index (χ2n) is 6.33. The normalized spacial score (nSPS) is 21.6. The molecule has 1 heterocycles. The van der Waals surface area contributed by atoms with Gasteiger partial charge in [0, 0.05) is 49.4 Å². The minimum atomic E-state index is -0.538. The van der Waals surface area contributed by atoms with Gasteiger partial charge in [0.2, 0.25) is 0 Å². The number of hydrogen-bond acceptors (Lipinski definition) is 6. The molecule has 8 nitrogen and oxygen atoms in total. The summed E-state index contributed by atoms with van der Waals surface area (Å²) in [5, 5.41) is 0. The first kappa shape index (κ1) is 19.2. The van der Waals surface area contributed by atoms with Crippen LogP contribution in [0.1, 0.15) is 25.8 Å². The highest BCUT2D eigenvalue weighted by atomic mass is 35.5. The van der Waals surface area contributed by atoms with E-state index in [0.717, 1.165) is 0 Å². The third kappa shape index (κ3) is 4.94. The monoisotopic (exact) mass is 372 g/mol. The summed E-state index contributed by atoms with van der Waals surface area (Å²) in [5.41, 5.74) is -1.08. The molecular weight excluding hydrogens is 352 g/mol. The first-order valence-corrected chi connectivity index (χ1v) is 8.46. The third-order valence-electron chi connectivity index (χ3n) is 4.34. The minimum Gasteiger partial charge on any atom is -0.466 e. The Morgan fingerprint density at radius 1 is 1.32 bits per heavy atom. The Labute approximate surface area is 149 Å². The Morgan fingerprint density at radius 2 is 2.00 bits per heavy atom. The molecule has 1 aliphatic carbocycles. The zero-order valence-electron chi connectivity index (χ0n) is 14.2. The molecule has 9 heteroatoms. The summed E-state index contributed by atoms with van der Waals surface area (Å²) in [6, 6.07) is 0. The lowest BCUT2D eigenvalue weighted by Crippen LogP contribution is -2.35. The number of H-pyrrole nitrogens is 1. The summed E-state index contributed by atoms with van der Waals surface area (Å²) in [5.74, 6) is -0.575. The van der Waals surface area contributed by atoms with Gasteiger partial charge in [-0.2, -0.15) is 0 Å². The Kier molecular flexibility index (Phi) is 6.05. The molecule has 0 radical (unpaired) electrons. The first-order valence-electron chi connectivity index (χ1n) is 7.93. The Bertz CT molecular complexity index is 771. The lowest BCUT2D eigenvalue weighted by Gasteiger charge is -2.19. The summed E-state index contributed by atoms with van der Waals surface area (Å²) in [4.78, 5) is 48.3. The molecule has 0 spiro atoms. The van der Waals surface area contributed by atoms with Crippen molar-refractivity contribution >= 4 is 23.5 Å². The number of hydrogen-bond donors (Lipinski definition) is 1. The molecule has 0 bridgehead atoms. The number of aromatic amines is 1. The second kappa shape index (κ2) is 7.86. The summed E-state index contributed by atoms with van der Waals surface area (Å²) < 4.78 is 11.6. The van der Waals surface area contributed by atoms with Crippen molar-refractivity contribution in [2.45, 2.75) is 33.2 Å². The number of halogens is 1. The van der Waals surface area contributed by atoms with E-state index in [0.29, 0.717) is 18.4 Å². The molecule has 2 atom stereocenters. The highest BCUT2D eigenvalue weighted by Gasteiger charge is 2.56. The predicted octanol–water partition coefficient (Wildman–Crippen LogP) is 0.450. The lowest BCUT2D eigenvalue weighted by molar-refractivity contribution is -0.145. The van der Waals surface area contributed by atoms with E-state index in [-0.39, 0.29) is 37.5 Å². The highest BCUT2D eigenvalue weighted by molar-refractivity contribution is 6.17. The Morgan fingerprint density at radius 3 is 2.60 bits per heavy atom. The number of aryl methyl sites for hydroxylation is 1. The number of rotatable bonds is 8. The fraction of sp³-hybridized carbons (Fsp3) is 0.625. The molecule has 1 aromatic heterocycles. The summed E-state index contributed by atoms with van der Waals surface area (Å²) in [6.07, 6.45) is 2.47.